The molecule has 12 heavy (non-hydrogen) atoms. The van der Waals surface area contributed by atoms with E-state index in [1.807, 2.05) is 13.0 Å². The first-order valence-electron chi connectivity index (χ1n) is 3.31. The van der Waals surface area contributed by atoms with E-state index in [2.05, 4.69) is 31.9 Å². The smallest absolute Gasteiger partial charge is 0.177 e. The number of hydrogen-bond acceptors (Lipinski definition) is 4. The fourth-order valence-corrected chi connectivity index (χ4v) is 1.88. The molecule has 0 aliphatic heterocycles. The Bertz CT molecular complexity index is 396. The lowest BCUT2D eigenvalue weighted by Gasteiger charge is -1.88. The van der Waals surface area contributed by atoms with Crippen LogP contribution >= 0.6 is 34.1 Å². The van der Waals surface area contributed by atoms with Crippen molar-refractivity contribution in [1.29, 1.82) is 0 Å². The Morgan fingerprint density at radius 1 is 1.58 bits per heavy atom. The Labute approximate surface area is 87.1 Å². The molecule has 0 saturated carbocycles. The molecule has 2 aromatic rings. The minimum atomic E-state index is 0.760. The van der Waals surface area contributed by atoms with E-state index in [-0.39, 0.29) is 0 Å². The molecule has 2 rings (SSSR count). The standard InChI is InChI=1S/C7H5IN2OS/c1-4-5(2-3-11-4)6-9-7(8)12-10-6/h2-3H,1H3. The molecular weight excluding hydrogens is 287 g/mol. The second-order valence-electron chi connectivity index (χ2n) is 2.26. The third-order valence-corrected chi connectivity index (χ3v) is 2.84. The molecule has 2 aromatic heterocycles. The number of hydrogen-bond donors (Lipinski definition) is 0. The Kier molecular flexibility index (Phi) is 2.14. The molecule has 0 amide bonds. The van der Waals surface area contributed by atoms with Crippen LogP contribution in [-0.4, -0.2) is 9.36 Å². The van der Waals surface area contributed by atoms with E-state index in [1.54, 1.807) is 6.26 Å². The van der Waals surface area contributed by atoms with Crippen LogP contribution in [0.25, 0.3) is 11.4 Å². The van der Waals surface area contributed by atoms with Crippen LogP contribution in [0.2, 0.25) is 0 Å². The van der Waals surface area contributed by atoms with Gasteiger partial charge in [-0.3, -0.25) is 0 Å². The fourth-order valence-electron chi connectivity index (χ4n) is 0.931. The average Bonchev–Trinajstić information content (AvgIpc) is 2.58. The minimum Gasteiger partial charge on any atom is -0.469 e. The van der Waals surface area contributed by atoms with Gasteiger partial charge in [0.15, 0.2) is 8.84 Å². The van der Waals surface area contributed by atoms with Crippen LogP contribution in [0.4, 0.5) is 0 Å². The maximum absolute atomic E-state index is 5.15. The molecule has 5 heteroatoms. The average molecular weight is 292 g/mol. The van der Waals surface area contributed by atoms with Crippen LogP contribution in [0.5, 0.6) is 0 Å². The normalized spacial score (nSPS) is 10.5. The van der Waals surface area contributed by atoms with Gasteiger partial charge < -0.3 is 4.42 Å². The topological polar surface area (TPSA) is 38.9 Å². The first-order chi connectivity index (χ1) is 5.77. The van der Waals surface area contributed by atoms with Crippen molar-refractivity contribution in [3.63, 3.8) is 0 Å². The lowest BCUT2D eigenvalue weighted by molar-refractivity contribution is 0.535. The highest BCUT2D eigenvalue weighted by Crippen LogP contribution is 2.23. The highest BCUT2D eigenvalue weighted by molar-refractivity contribution is 14.1. The second kappa shape index (κ2) is 3.14. The van der Waals surface area contributed by atoms with Crippen molar-refractivity contribution >= 4 is 34.1 Å². The van der Waals surface area contributed by atoms with Gasteiger partial charge in [-0.2, -0.15) is 4.37 Å². The van der Waals surface area contributed by atoms with Gasteiger partial charge in [0.05, 0.1) is 11.8 Å². The Hall–Kier alpha value is -0.430. The van der Waals surface area contributed by atoms with Crippen LogP contribution in [0.3, 0.4) is 0 Å². The zero-order valence-electron chi connectivity index (χ0n) is 6.24. The lowest BCUT2D eigenvalue weighted by Crippen LogP contribution is -1.79. The Balaban J connectivity index is 2.50. The molecule has 62 valence electrons. The summed E-state index contributed by atoms with van der Waals surface area (Å²) >= 11 is 3.55. The molecule has 0 saturated heterocycles. The van der Waals surface area contributed by atoms with Gasteiger partial charge in [-0.25, -0.2) is 4.98 Å². The van der Waals surface area contributed by atoms with Crippen LogP contribution < -0.4 is 0 Å². The van der Waals surface area contributed by atoms with Crippen LogP contribution in [0, 0.1) is 9.94 Å². The van der Waals surface area contributed by atoms with Gasteiger partial charge in [0.1, 0.15) is 5.76 Å². The van der Waals surface area contributed by atoms with Crippen molar-refractivity contribution in [1.82, 2.24) is 9.36 Å². The van der Waals surface area contributed by atoms with E-state index in [1.165, 1.54) is 11.5 Å². The molecule has 0 aliphatic carbocycles. The molecule has 0 aromatic carbocycles. The van der Waals surface area contributed by atoms with Gasteiger partial charge in [0.2, 0.25) is 0 Å². The first kappa shape index (κ1) is 8.18. The largest absolute Gasteiger partial charge is 0.469 e. The van der Waals surface area contributed by atoms with Gasteiger partial charge in [0.25, 0.3) is 0 Å². The van der Waals surface area contributed by atoms with Gasteiger partial charge in [-0.05, 0) is 47.1 Å². The van der Waals surface area contributed by atoms with Crippen LogP contribution in [0.1, 0.15) is 5.76 Å². The molecule has 3 nitrogen and oxygen atoms in total. The first-order valence-corrected chi connectivity index (χ1v) is 5.16. The lowest BCUT2D eigenvalue weighted by atomic mass is 10.2. The van der Waals surface area contributed by atoms with Gasteiger partial charge >= 0.3 is 0 Å². The number of aryl methyl sites for hydroxylation is 1. The summed E-state index contributed by atoms with van der Waals surface area (Å²) in [5, 5.41) is 0. The molecule has 2 heterocycles. The highest BCUT2D eigenvalue weighted by Gasteiger charge is 2.09. The van der Waals surface area contributed by atoms with Crippen molar-refractivity contribution in [2.45, 2.75) is 6.92 Å². The number of aromatic nitrogens is 2. The van der Waals surface area contributed by atoms with Gasteiger partial charge in [0, 0.05) is 0 Å². The third-order valence-electron chi connectivity index (χ3n) is 1.50. The molecule has 0 fully saturated rings. The Morgan fingerprint density at radius 3 is 2.92 bits per heavy atom. The number of rotatable bonds is 1. The minimum absolute atomic E-state index is 0.760. The van der Waals surface area contributed by atoms with Crippen molar-refractivity contribution in [2.75, 3.05) is 0 Å². The predicted molar refractivity (Wildman–Crippen MR) is 55.1 cm³/mol. The molecule has 0 radical (unpaired) electrons. The molecule has 0 atom stereocenters. The van der Waals surface area contributed by atoms with Gasteiger partial charge in [-0.15, -0.1) is 0 Å². The number of halogens is 1. The number of furan rings is 1. The third kappa shape index (κ3) is 1.38. The van der Waals surface area contributed by atoms with Crippen molar-refractivity contribution < 1.29 is 4.42 Å². The SMILES string of the molecule is Cc1occc1-c1nsc(I)n1. The van der Waals surface area contributed by atoms with E-state index in [9.17, 15) is 0 Å². The van der Waals surface area contributed by atoms with E-state index in [0.717, 1.165) is 20.2 Å². The molecule has 0 spiro atoms. The maximum atomic E-state index is 5.15. The monoisotopic (exact) mass is 292 g/mol. The quantitative estimate of drug-likeness (QED) is 0.759. The summed E-state index contributed by atoms with van der Waals surface area (Å²) in [6.07, 6.45) is 1.65. The van der Waals surface area contributed by atoms with Crippen molar-refractivity contribution in [3.8, 4) is 11.4 Å². The maximum Gasteiger partial charge on any atom is 0.177 e. The highest BCUT2D eigenvalue weighted by atomic mass is 127. The predicted octanol–water partition coefficient (Wildman–Crippen LogP) is 2.71. The summed E-state index contributed by atoms with van der Waals surface area (Å²) in [6.45, 7) is 1.91. The Morgan fingerprint density at radius 2 is 2.42 bits per heavy atom. The fraction of sp³-hybridized carbons (Fsp3) is 0.143. The summed E-state index contributed by atoms with van der Waals surface area (Å²) in [4.78, 5) is 4.25. The van der Waals surface area contributed by atoms with E-state index < -0.39 is 0 Å². The van der Waals surface area contributed by atoms with Crippen molar-refractivity contribution in [3.05, 3.63) is 21.1 Å². The summed E-state index contributed by atoms with van der Waals surface area (Å²) in [6, 6.07) is 1.88. The second-order valence-corrected chi connectivity index (χ2v) is 4.77. The molecule has 0 bridgehead atoms. The summed E-state index contributed by atoms with van der Waals surface area (Å²) in [5.41, 5.74) is 0.981. The van der Waals surface area contributed by atoms with Crippen molar-refractivity contribution in [2.24, 2.45) is 0 Å². The summed E-state index contributed by atoms with van der Waals surface area (Å²) in [5.74, 6) is 1.62. The number of nitrogens with zero attached hydrogens (tertiary/aromatic N) is 2. The van der Waals surface area contributed by atoms with Crippen LogP contribution in [-0.2, 0) is 0 Å². The zero-order chi connectivity index (χ0) is 8.55. The summed E-state index contributed by atoms with van der Waals surface area (Å²) < 4.78 is 10.3. The van der Waals surface area contributed by atoms with Gasteiger partial charge in [-0.1, -0.05) is 0 Å². The zero-order valence-corrected chi connectivity index (χ0v) is 9.22. The van der Waals surface area contributed by atoms with E-state index >= 15 is 0 Å². The molecular formula is C7H5IN2OS. The summed E-state index contributed by atoms with van der Waals surface area (Å²) in [7, 11) is 0. The molecule has 0 unspecified atom stereocenters. The molecule has 0 aliphatic rings. The van der Waals surface area contributed by atoms with Crippen LogP contribution in [0.15, 0.2) is 16.7 Å². The van der Waals surface area contributed by atoms with E-state index in [4.69, 9.17) is 4.42 Å². The molecule has 0 N–H and O–H groups in total. The van der Waals surface area contributed by atoms with E-state index in [0.29, 0.717) is 0 Å².